The maximum absolute atomic E-state index is 4.23. The molecule has 0 aliphatic heterocycles. The van der Waals surface area contributed by atoms with Crippen molar-refractivity contribution in [2.24, 2.45) is 35.0 Å². The second-order valence-electron chi connectivity index (χ2n) is 11.6. The minimum absolute atomic E-state index is 0.253. The Kier molecular flexibility index (Phi) is 12.3. The maximum Gasteiger partial charge on any atom is -0.00769 e. The van der Waals surface area contributed by atoms with E-state index in [-0.39, 0.29) is 5.41 Å². The molecular formula is C30H54. The molecule has 1 rings (SSSR count). The van der Waals surface area contributed by atoms with Crippen LogP contribution in [0.4, 0.5) is 0 Å². The number of allylic oxidation sites excluding steroid dienone is 5. The molecule has 1 fully saturated rings. The third kappa shape index (κ3) is 9.57. The van der Waals surface area contributed by atoms with Gasteiger partial charge in [-0.2, -0.15) is 0 Å². The zero-order valence-electron chi connectivity index (χ0n) is 21.9. The summed E-state index contributed by atoms with van der Waals surface area (Å²) in [6, 6.07) is 0. The lowest BCUT2D eigenvalue weighted by atomic mass is 9.74. The third-order valence-electron chi connectivity index (χ3n) is 7.66. The Hall–Kier alpha value is -0.780. The summed E-state index contributed by atoms with van der Waals surface area (Å²) in [5, 5.41) is 0. The second-order valence-corrected chi connectivity index (χ2v) is 11.6. The molecular weight excluding hydrogens is 360 g/mol. The van der Waals surface area contributed by atoms with Gasteiger partial charge in [0.2, 0.25) is 0 Å². The van der Waals surface area contributed by atoms with Crippen LogP contribution >= 0.6 is 0 Å². The molecule has 0 saturated heterocycles. The molecule has 0 heteroatoms. The van der Waals surface area contributed by atoms with E-state index in [1.54, 1.807) is 11.1 Å². The summed E-state index contributed by atoms with van der Waals surface area (Å²) in [5.41, 5.74) is 3.47. The van der Waals surface area contributed by atoms with E-state index in [0.29, 0.717) is 11.8 Å². The predicted molar refractivity (Wildman–Crippen MR) is 138 cm³/mol. The summed E-state index contributed by atoms with van der Waals surface area (Å²) in [5.74, 6) is 3.84. The van der Waals surface area contributed by atoms with Crippen LogP contribution in [0, 0.1) is 35.0 Å². The number of hydrogen-bond acceptors (Lipinski definition) is 0. The first-order valence-electron chi connectivity index (χ1n) is 13.1. The van der Waals surface area contributed by atoms with Gasteiger partial charge in [-0.1, -0.05) is 96.6 Å². The van der Waals surface area contributed by atoms with Crippen LogP contribution in [-0.4, -0.2) is 0 Å². The van der Waals surface area contributed by atoms with Crippen LogP contribution in [0.3, 0.4) is 0 Å². The molecule has 0 nitrogen and oxygen atoms in total. The highest BCUT2D eigenvalue weighted by molar-refractivity contribution is 5.21. The van der Waals surface area contributed by atoms with Crippen molar-refractivity contribution in [2.75, 3.05) is 0 Å². The molecule has 0 N–H and O–H groups in total. The smallest absolute Gasteiger partial charge is 0.00769 e. The van der Waals surface area contributed by atoms with Crippen LogP contribution in [0.2, 0.25) is 0 Å². The van der Waals surface area contributed by atoms with E-state index < -0.39 is 0 Å². The number of rotatable bonds is 14. The van der Waals surface area contributed by atoms with Crippen LogP contribution < -0.4 is 0 Å². The Labute approximate surface area is 190 Å². The highest BCUT2D eigenvalue weighted by Gasteiger charge is 2.42. The van der Waals surface area contributed by atoms with Crippen molar-refractivity contribution >= 4 is 0 Å². The minimum Gasteiger partial charge on any atom is -0.103 e. The molecule has 0 aromatic heterocycles. The molecule has 0 heterocycles. The molecule has 4 atom stereocenters. The largest absolute Gasteiger partial charge is 0.103 e. The SMILES string of the molecule is C=CC1(C)CCC(C(C)=CCCC(C)C)C1C=C(C)CCCC(C)CCCC(C)C. The predicted octanol–water partition coefficient (Wildman–Crippen LogP) is 10.2. The van der Waals surface area contributed by atoms with Crippen LogP contribution in [0.5, 0.6) is 0 Å². The average Bonchev–Trinajstić information content (AvgIpc) is 2.98. The normalized spacial score (nSPS) is 26.6. The summed E-state index contributed by atoms with van der Waals surface area (Å²) in [6.07, 6.45) is 20.7. The van der Waals surface area contributed by atoms with Crippen molar-refractivity contribution in [1.29, 1.82) is 0 Å². The molecule has 30 heavy (non-hydrogen) atoms. The standard InChI is InChI=1S/C30H54/c1-10-30(9)21-20-28(27(8)19-12-15-24(4)5)29(30)22-26(7)18-13-17-25(6)16-11-14-23(2)3/h10,19,22-25,28-29H,1,11-18,20-21H2,2-9H3. The first-order valence-corrected chi connectivity index (χ1v) is 13.1. The lowest BCUT2D eigenvalue weighted by Crippen LogP contribution is -2.22. The molecule has 0 aromatic rings. The van der Waals surface area contributed by atoms with Gasteiger partial charge in [0, 0.05) is 0 Å². The first-order chi connectivity index (χ1) is 14.1. The minimum atomic E-state index is 0.253. The fourth-order valence-electron chi connectivity index (χ4n) is 5.26. The molecule has 1 saturated carbocycles. The fraction of sp³-hybridized carbons (Fsp3) is 0.800. The van der Waals surface area contributed by atoms with Gasteiger partial charge < -0.3 is 0 Å². The molecule has 174 valence electrons. The molecule has 0 aromatic carbocycles. The van der Waals surface area contributed by atoms with Crippen molar-refractivity contribution in [3.63, 3.8) is 0 Å². The summed E-state index contributed by atoms with van der Waals surface area (Å²) < 4.78 is 0. The van der Waals surface area contributed by atoms with Gasteiger partial charge in [-0.25, -0.2) is 0 Å². The molecule has 4 unspecified atom stereocenters. The lowest BCUT2D eigenvalue weighted by molar-refractivity contribution is 0.331. The van der Waals surface area contributed by atoms with E-state index in [9.17, 15) is 0 Å². The van der Waals surface area contributed by atoms with Gasteiger partial charge in [-0.15, -0.1) is 6.58 Å². The summed E-state index contributed by atoms with van der Waals surface area (Å²) in [4.78, 5) is 0. The van der Waals surface area contributed by atoms with Crippen LogP contribution in [-0.2, 0) is 0 Å². The third-order valence-corrected chi connectivity index (χ3v) is 7.66. The van der Waals surface area contributed by atoms with Crippen molar-refractivity contribution in [2.45, 2.75) is 120 Å². The Bertz CT molecular complexity index is 546. The van der Waals surface area contributed by atoms with Crippen LogP contribution in [0.1, 0.15) is 120 Å². The topological polar surface area (TPSA) is 0 Å². The second kappa shape index (κ2) is 13.6. The summed E-state index contributed by atoms with van der Waals surface area (Å²) in [6.45, 7) is 23.2. The van der Waals surface area contributed by atoms with E-state index in [1.807, 2.05) is 0 Å². The Morgan fingerprint density at radius 1 is 0.967 bits per heavy atom. The zero-order valence-corrected chi connectivity index (χ0v) is 21.9. The van der Waals surface area contributed by atoms with Gasteiger partial charge >= 0.3 is 0 Å². The molecule has 0 spiro atoms. The van der Waals surface area contributed by atoms with Gasteiger partial charge in [-0.3, -0.25) is 0 Å². The molecule has 0 radical (unpaired) electrons. The summed E-state index contributed by atoms with van der Waals surface area (Å²) >= 11 is 0. The first kappa shape index (κ1) is 27.3. The fourth-order valence-corrected chi connectivity index (χ4v) is 5.26. The van der Waals surface area contributed by atoms with Crippen molar-refractivity contribution in [1.82, 2.24) is 0 Å². The highest BCUT2D eigenvalue weighted by Crippen LogP contribution is 2.51. The Morgan fingerprint density at radius 3 is 2.20 bits per heavy atom. The van der Waals surface area contributed by atoms with Gasteiger partial charge in [0.1, 0.15) is 0 Å². The Balaban J connectivity index is 2.66. The molecule has 0 amide bonds. The lowest BCUT2D eigenvalue weighted by Gasteiger charge is -2.30. The number of hydrogen-bond donors (Lipinski definition) is 0. The van der Waals surface area contributed by atoms with Gasteiger partial charge in [0.05, 0.1) is 0 Å². The van der Waals surface area contributed by atoms with Crippen molar-refractivity contribution in [3.05, 3.63) is 36.0 Å². The van der Waals surface area contributed by atoms with E-state index in [1.165, 1.54) is 64.2 Å². The van der Waals surface area contributed by atoms with Crippen LogP contribution in [0.25, 0.3) is 0 Å². The average molecular weight is 415 g/mol. The highest BCUT2D eigenvalue weighted by atomic mass is 14.5. The quantitative estimate of drug-likeness (QED) is 0.248. The van der Waals surface area contributed by atoms with E-state index in [0.717, 1.165) is 17.8 Å². The molecule has 1 aliphatic rings. The van der Waals surface area contributed by atoms with E-state index >= 15 is 0 Å². The Morgan fingerprint density at radius 2 is 1.60 bits per heavy atom. The van der Waals surface area contributed by atoms with E-state index in [4.69, 9.17) is 0 Å². The summed E-state index contributed by atoms with van der Waals surface area (Å²) in [7, 11) is 0. The van der Waals surface area contributed by atoms with E-state index in [2.05, 4.69) is 80.2 Å². The van der Waals surface area contributed by atoms with Gasteiger partial charge in [-0.05, 0) is 87.4 Å². The van der Waals surface area contributed by atoms with Gasteiger partial charge in [0.15, 0.2) is 0 Å². The maximum atomic E-state index is 4.23. The zero-order chi connectivity index (χ0) is 22.7. The monoisotopic (exact) mass is 414 g/mol. The van der Waals surface area contributed by atoms with Gasteiger partial charge in [0.25, 0.3) is 0 Å². The molecule has 0 bridgehead atoms. The van der Waals surface area contributed by atoms with Crippen molar-refractivity contribution < 1.29 is 0 Å². The van der Waals surface area contributed by atoms with Crippen molar-refractivity contribution in [3.8, 4) is 0 Å². The molecule has 1 aliphatic carbocycles. The van der Waals surface area contributed by atoms with Crippen LogP contribution in [0.15, 0.2) is 36.0 Å².